The second-order valence-corrected chi connectivity index (χ2v) is 7.99. The number of nitrogens with zero attached hydrogens (tertiary/aromatic N) is 7. The number of aromatic nitrogens is 6. The van der Waals surface area contributed by atoms with E-state index in [1.165, 1.54) is 0 Å². The standard InChI is InChI=1S/C18H25N7OS/c1-5-25-12(3)14(9-21-25)16-22-15-17(23(16)4)19-11-20-18(15)26-13-7-8-24(10-13)27-6-2/h9,11,13H,5-8,10H2,1-4H3/t13-/m0/s1. The van der Waals surface area contributed by atoms with Crippen LogP contribution in [0.2, 0.25) is 0 Å². The number of hydrogen-bond acceptors (Lipinski definition) is 7. The molecule has 4 heterocycles. The van der Waals surface area contributed by atoms with Crippen molar-refractivity contribution in [2.45, 2.75) is 39.8 Å². The first-order valence-corrected chi connectivity index (χ1v) is 10.3. The third kappa shape index (κ3) is 3.29. The SMILES string of the molecule is CCSN1CC[C@H](Oc2ncnc3c2nc(-c2cnn(CC)c2C)n3C)C1. The molecule has 0 spiro atoms. The summed E-state index contributed by atoms with van der Waals surface area (Å²) in [5.74, 6) is 2.48. The third-order valence-electron chi connectivity index (χ3n) is 4.96. The molecule has 0 aliphatic carbocycles. The highest BCUT2D eigenvalue weighted by Gasteiger charge is 2.26. The van der Waals surface area contributed by atoms with E-state index in [4.69, 9.17) is 9.72 Å². The maximum Gasteiger partial charge on any atom is 0.245 e. The Morgan fingerprint density at radius 3 is 2.89 bits per heavy atom. The number of fused-ring (bicyclic) bond motifs is 1. The van der Waals surface area contributed by atoms with Gasteiger partial charge in [0.2, 0.25) is 5.88 Å². The lowest BCUT2D eigenvalue weighted by atomic mass is 10.2. The monoisotopic (exact) mass is 387 g/mol. The van der Waals surface area contributed by atoms with E-state index in [-0.39, 0.29) is 6.10 Å². The lowest BCUT2D eigenvalue weighted by Gasteiger charge is -2.14. The number of aryl methyl sites for hydroxylation is 2. The molecule has 27 heavy (non-hydrogen) atoms. The highest BCUT2D eigenvalue weighted by atomic mass is 32.2. The van der Waals surface area contributed by atoms with Gasteiger partial charge in [-0.15, -0.1) is 0 Å². The molecule has 3 aromatic heterocycles. The van der Waals surface area contributed by atoms with Crippen molar-refractivity contribution in [3.63, 3.8) is 0 Å². The van der Waals surface area contributed by atoms with Crippen LogP contribution < -0.4 is 4.74 Å². The van der Waals surface area contributed by atoms with E-state index in [2.05, 4.69) is 40.1 Å². The van der Waals surface area contributed by atoms with Gasteiger partial charge >= 0.3 is 0 Å². The topological polar surface area (TPSA) is 73.9 Å². The van der Waals surface area contributed by atoms with Gasteiger partial charge in [-0.05, 0) is 20.3 Å². The molecule has 0 bridgehead atoms. The number of imidazole rings is 1. The van der Waals surface area contributed by atoms with Gasteiger partial charge in [0, 0.05) is 38.1 Å². The van der Waals surface area contributed by atoms with Crippen molar-refractivity contribution in [3.8, 4) is 17.3 Å². The zero-order chi connectivity index (χ0) is 19.0. The van der Waals surface area contributed by atoms with Gasteiger partial charge < -0.3 is 9.30 Å². The van der Waals surface area contributed by atoms with Crippen LogP contribution in [0.4, 0.5) is 0 Å². The average molecular weight is 388 g/mol. The van der Waals surface area contributed by atoms with Crippen molar-refractivity contribution in [3.05, 3.63) is 18.2 Å². The van der Waals surface area contributed by atoms with Crippen molar-refractivity contribution < 1.29 is 4.74 Å². The summed E-state index contributed by atoms with van der Waals surface area (Å²) in [6.45, 7) is 9.10. The lowest BCUT2D eigenvalue weighted by Crippen LogP contribution is -2.21. The summed E-state index contributed by atoms with van der Waals surface area (Å²) in [7, 11) is 1.97. The fourth-order valence-electron chi connectivity index (χ4n) is 3.54. The molecule has 4 rings (SSSR count). The van der Waals surface area contributed by atoms with Gasteiger partial charge in [-0.2, -0.15) is 10.1 Å². The van der Waals surface area contributed by atoms with Crippen LogP contribution >= 0.6 is 11.9 Å². The fourth-order valence-corrected chi connectivity index (χ4v) is 4.41. The van der Waals surface area contributed by atoms with Crippen LogP contribution in [-0.2, 0) is 13.6 Å². The Balaban J connectivity index is 1.67. The largest absolute Gasteiger partial charge is 0.471 e. The minimum absolute atomic E-state index is 0.136. The van der Waals surface area contributed by atoms with E-state index in [1.54, 1.807) is 6.33 Å². The van der Waals surface area contributed by atoms with Gasteiger partial charge in [0.15, 0.2) is 11.2 Å². The van der Waals surface area contributed by atoms with Gasteiger partial charge in [0.05, 0.1) is 11.8 Å². The summed E-state index contributed by atoms with van der Waals surface area (Å²) >= 11 is 1.86. The smallest absolute Gasteiger partial charge is 0.245 e. The Hall–Kier alpha value is -2.13. The summed E-state index contributed by atoms with van der Waals surface area (Å²) in [5, 5.41) is 4.44. The van der Waals surface area contributed by atoms with Crippen LogP contribution in [0.25, 0.3) is 22.6 Å². The summed E-state index contributed by atoms with van der Waals surface area (Å²) < 4.78 is 12.5. The van der Waals surface area contributed by atoms with Gasteiger partial charge in [-0.25, -0.2) is 14.3 Å². The quantitative estimate of drug-likeness (QED) is 0.602. The molecule has 9 heteroatoms. The van der Waals surface area contributed by atoms with Gasteiger partial charge in [-0.1, -0.05) is 18.9 Å². The average Bonchev–Trinajstić information content (AvgIpc) is 3.34. The summed E-state index contributed by atoms with van der Waals surface area (Å²) in [5.41, 5.74) is 3.58. The molecular formula is C18H25N7OS. The molecule has 8 nitrogen and oxygen atoms in total. The van der Waals surface area contributed by atoms with E-state index >= 15 is 0 Å². The summed E-state index contributed by atoms with van der Waals surface area (Å²) in [4.78, 5) is 13.6. The molecule has 0 amide bonds. The Morgan fingerprint density at radius 2 is 2.15 bits per heavy atom. The second-order valence-electron chi connectivity index (χ2n) is 6.64. The van der Waals surface area contributed by atoms with Gasteiger partial charge in [0.1, 0.15) is 18.3 Å². The van der Waals surface area contributed by atoms with Crippen LogP contribution in [-0.4, -0.2) is 58.6 Å². The first-order chi connectivity index (χ1) is 13.1. The highest BCUT2D eigenvalue weighted by Crippen LogP contribution is 2.30. The molecule has 1 fully saturated rings. The number of rotatable bonds is 6. The summed E-state index contributed by atoms with van der Waals surface area (Å²) in [6, 6.07) is 0. The maximum atomic E-state index is 6.22. The molecule has 1 saturated heterocycles. The molecule has 0 N–H and O–H groups in total. The number of ether oxygens (including phenoxy) is 1. The lowest BCUT2D eigenvalue weighted by molar-refractivity contribution is 0.210. The zero-order valence-electron chi connectivity index (χ0n) is 16.2. The second kappa shape index (κ2) is 7.47. The predicted molar refractivity (Wildman–Crippen MR) is 107 cm³/mol. The predicted octanol–water partition coefficient (Wildman–Crippen LogP) is 2.68. The van der Waals surface area contributed by atoms with Gasteiger partial charge in [0.25, 0.3) is 0 Å². The normalized spacial score (nSPS) is 17.9. The van der Waals surface area contributed by atoms with Crippen molar-refractivity contribution in [1.82, 2.24) is 33.6 Å². The molecule has 0 radical (unpaired) electrons. The first kappa shape index (κ1) is 18.2. The van der Waals surface area contributed by atoms with E-state index < -0.39 is 0 Å². The van der Waals surface area contributed by atoms with Crippen LogP contribution in [0, 0.1) is 6.92 Å². The Kier molecular flexibility index (Phi) is 5.05. The maximum absolute atomic E-state index is 6.22. The van der Waals surface area contributed by atoms with Crippen LogP contribution in [0.3, 0.4) is 0 Å². The highest BCUT2D eigenvalue weighted by molar-refractivity contribution is 7.96. The molecular weight excluding hydrogens is 362 g/mol. The van der Waals surface area contributed by atoms with E-state index in [0.29, 0.717) is 11.4 Å². The first-order valence-electron chi connectivity index (χ1n) is 9.37. The van der Waals surface area contributed by atoms with Crippen LogP contribution in [0.5, 0.6) is 5.88 Å². The fraction of sp³-hybridized carbons (Fsp3) is 0.556. The molecule has 1 aliphatic rings. The molecule has 0 saturated carbocycles. The number of hydrogen-bond donors (Lipinski definition) is 0. The summed E-state index contributed by atoms with van der Waals surface area (Å²) in [6.07, 6.45) is 4.56. The Morgan fingerprint density at radius 1 is 1.30 bits per heavy atom. The third-order valence-corrected chi connectivity index (χ3v) is 5.92. The van der Waals surface area contributed by atoms with Crippen LogP contribution in [0.15, 0.2) is 12.5 Å². The molecule has 1 atom stereocenters. The van der Waals surface area contributed by atoms with E-state index in [0.717, 1.165) is 54.5 Å². The van der Waals surface area contributed by atoms with Crippen molar-refractivity contribution in [2.24, 2.45) is 7.05 Å². The van der Waals surface area contributed by atoms with E-state index in [1.807, 2.05) is 34.4 Å². The van der Waals surface area contributed by atoms with Crippen molar-refractivity contribution in [2.75, 3.05) is 18.8 Å². The zero-order valence-corrected chi connectivity index (χ0v) is 17.0. The minimum Gasteiger partial charge on any atom is -0.471 e. The molecule has 0 unspecified atom stereocenters. The van der Waals surface area contributed by atoms with E-state index in [9.17, 15) is 0 Å². The Bertz CT molecular complexity index is 951. The van der Waals surface area contributed by atoms with Crippen LogP contribution in [0.1, 0.15) is 26.0 Å². The molecule has 1 aliphatic heterocycles. The minimum atomic E-state index is 0.136. The van der Waals surface area contributed by atoms with Gasteiger partial charge in [-0.3, -0.25) is 4.68 Å². The molecule has 0 aromatic carbocycles. The van der Waals surface area contributed by atoms with Crippen molar-refractivity contribution >= 4 is 23.1 Å². The molecule has 144 valence electrons. The van der Waals surface area contributed by atoms with Crippen molar-refractivity contribution in [1.29, 1.82) is 0 Å². The Labute approximate surface area is 163 Å². The molecule has 3 aromatic rings.